The maximum atomic E-state index is 11.0. The van der Waals surface area contributed by atoms with Gasteiger partial charge in [-0.05, 0) is 18.2 Å². The molecule has 0 spiro atoms. The fraction of sp³-hybridized carbons (Fsp3) is 0.0833. The Morgan fingerprint density at radius 2 is 2.41 bits per heavy atom. The van der Waals surface area contributed by atoms with Crippen LogP contribution in [0.4, 0.5) is 0 Å². The molecule has 2 heterocycles. The third kappa shape index (κ3) is 2.16. The second-order valence-corrected chi connectivity index (χ2v) is 3.32. The Kier molecular flexibility index (Phi) is 2.88. The van der Waals surface area contributed by atoms with Gasteiger partial charge in [-0.1, -0.05) is 5.92 Å². The van der Waals surface area contributed by atoms with Crippen LogP contribution in [-0.4, -0.2) is 25.8 Å². The summed E-state index contributed by atoms with van der Waals surface area (Å²) < 4.78 is 1.28. The van der Waals surface area contributed by atoms with Gasteiger partial charge in [0.1, 0.15) is 12.2 Å². The average molecular weight is 227 g/mol. The molecule has 5 heteroatoms. The number of pyridine rings is 1. The van der Waals surface area contributed by atoms with Crippen molar-refractivity contribution in [1.82, 2.24) is 14.8 Å². The van der Waals surface area contributed by atoms with Crippen molar-refractivity contribution in [2.75, 3.05) is 0 Å². The highest BCUT2D eigenvalue weighted by Gasteiger charge is 2.14. The Balaban J connectivity index is 2.48. The zero-order chi connectivity index (χ0) is 12.3. The number of terminal acetylenes is 1. The Morgan fingerprint density at radius 3 is 3.00 bits per heavy atom. The van der Waals surface area contributed by atoms with Gasteiger partial charge >= 0.3 is 5.97 Å². The highest BCUT2D eigenvalue weighted by atomic mass is 16.4. The van der Waals surface area contributed by atoms with Crippen molar-refractivity contribution >= 4 is 5.97 Å². The molecule has 17 heavy (non-hydrogen) atoms. The maximum Gasteiger partial charge on any atom is 0.354 e. The number of hydrogen-bond acceptors (Lipinski definition) is 3. The smallest absolute Gasteiger partial charge is 0.354 e. The molecular formula is C12H9N3O2. The van der Waals surface area contributed by atoms with Crippen molar-refractivity contribution in [2.45, 2.75) is 6.54 Å². The minimum atomic E-state index is -1.05. The summed E-state index contributed by atoms with van der Waals surface area (Å²) in [4.78, 5) is 15.0. The lowest BCUT2D eigenvalue weighted by molar-refractivity contribution is 0.0684. The van der Waals surface area contributed by atoms with E-state index in [9.17, 15) is 4.79 Å². The molecule has 0 aliphatic carbocycles. The molecule has 0 radical (unpaired) electrons. The predicted molar refractivity (Wildman–Crippen MR) is 61.3 cm³/mol. The highest BCUT2D eigenvalue weighted by Crippen LogP contribution is 2.17. The van der Waals surface area contributed by atoms with Gasteiger partial charge in [0.05, 0.1) is 5.69 Å². The summed E-state index contributed by atoms with van der Waals surface area (Å²) in [7, 11) is 0. The maximum absolute atomic E-state index is 11.0. The van der Waals surface area contributed by atoms with Crippen molar-refractivity contribution in [3.05, 3.63) is 36.3 Å². The van der Waals surface area contributed by atoms with Crippen molar-refractivity contribution in [3.8, 4) is 23.6 Å². The SMILES string of the molecule is C#CCn1nc(-c2cccnc2)cc1C(=O)O. The first kappa shape index (κ1) is 10.9. The van der Waals surface area contributed by atoms with Gasteiger partial charge in [-0.3, -0.25) is 4.98 Å². The van der Waals surface area contributed by atoms with E-state index >= 15 is 0 Å². The van der Waals surface area contributed by atoms with E-state index < -0.39 is 5.97 Å². The molecule has 0 fully saturated rings. The number of carboxylic acid groups (broad SMARTS) is 1. The zero-order valence-electron chi connectivity index (χ0n) is 8.87. The average Bonchev–Trinajstić information content (AvgIpc) is 2.75. The van der Waals surface area contributed by atoms with E-state index in [1.54, 1.807) is 24.5 Å². The minimum Gasteiger partial charge on any atom is -0.477 e. The second-order valence-electron chi connectivity index (χ2n) is 3.32. The summed E-state index contributed by atoms with van der Waals surface area (Å²) >= 11 is 0. The quantitative estimate of drug-likeness (QED) is 0.802. The number of carbonyl (C=O) groups is 1. The first-order valence-electron chi connectivity index (χ1n) is 4.87. The lowest BCUT2D eigenvalue weighted by Crippen LogP contribution is -2.08. The molecule has 0 aliphatic rings. The van der Waals surface area contributed by atoms with Crippen LogP contribution < -0.4 is 0 Å². The molecular weight excluding hydrogens is 218 g/mol. The largest absolute Gasteiger partial charge is 0.477 e. The topological polar surface area (TPSA) is 68.0 Å². The van der Waals surface area contributed by atoms with Crippen LogP contribution in [0.25, 0.3) is 11.3 Å². The van der Waals surface area contributed by atoms with Crippen molar-refractivity contribution in [3.63, 3.8) is 0 Å². The number of hydrogen-bond donors (Lipinski definition) is 1. The van der Waals surface area contributed by atoms with Crippen LogP contribution in [0, 0.1) is 12.3 Å². The number of aromatic carboxylic acids is 1. The lowest BCUT2D eigenvalue weighted by Gasteiger charge is -1.97. The molecule has 1 N–H and O–H groups in total. The monoisotopic (exact) mass is 227 g/mol. The highest BCUT2D eigenvalue weighted by molar-refractivity contribution is 5.87. The summed E-state index contributed by atoms with van der Waals surface area (Å²) in [6.45, 7) is 0.127. The van der Waals surface area contributed by atoms with Crippen molar-refractivity contribution in [2.24, 2.45) is 0 Å². The van der Waals surface area contributed by atoms with Crippen LogP contribution in [0.15, 0.2) is 30.6 Å². The number of carboxylic acids is 1. The molecule has 84 valence electrons. The first-order valence-corrected chi connectivity index (χ1v) is 4.87. The van der Waals surface area contributed by atoms with Gasteiger partial charge in [-0.2, -0.15) is 5.10 Å². The summed E-state index contributed by atoms with van der Waals surface area (Å²) in [6, 6.07) is 5.05. The van der Waals surface area contributed by atoms with E-state index in [0.29, 0.717) is 5.69 Å². The Bertz CT molecular complexity index is 582. The third-order valence-corrected chi connectivity index (χ3v) is 2.20. The van der Waals surface area contributed by atoms with Gasteiger partial charge in [0.15, 0.2) is 0 Å². The Labute approximate surface area is 97.7 Å². The van der Waals surface area contributed by atoms with E-state index in [-0.39, 0.29) is 12.2 Å². The fourth-order valence-corrected chi connectivity index (χ4v) is 1.45. The van der Waals surface area contributed by atoms with Crippen LogP contribution in [0.2, 0.25) is 0 Å². The molecule has 0 saturated carbocycles. The molecule has 2 aromatic rings. The number of rotatable bonds is 3. The predicted octanol–water partition coefficient (Wildman–Crippen LogP) is 1.28. The van der Waals surface area contributed by atoms with Gasteiger partial charge in [0, 0.05) is 18.0 Å². The van der Waals surface area contributed by atoms with Crippen LogP contribution in [0.3, 0.4) is 0 Å². The molecule has 0 unspecified atom stereocenters. The van der Waals surface area contributed by atoms with Crippen LogP contribution in [0.1, 0.15) is 10.5 Å². The summed E-state index contributed by atoms with van der Waals surface area (Å²) in [6.07, 6.45) is 8.42. The lowest BCUT2D eigenvalue weighted by atomic mass is 10.2. The molecule has 5 nitrogen and oxygen atoms in total. The van der Waals surface area contributed by atoms with Gasteiger partial charge in [0.25, 0.3) is 0 Å². The first-order chi connectivity index (χ1) is 8.22. The molecule has 0 aliphatic heterocycles. The van der Waals surface area contributed by atoms with E-state index in [0.717, 1.165) is 5.56 Å². The number of nitrogens with zero attached hydrogens (tertiary/aromatic N) is 3. The molecule has 2 rings (SSSR count). The van der Waals surface area contributed by atoms with Gasteiger partial charge in [-0.15, -0.1) is 6.42 Å². The van der Waals surface area contributed by atoms with E-state index in [2.05, 4.69) is 16.0 Å². The molecule has 0 atom stereocenters. The van der Waals surface area contributed by atoms with Crippen LogP contribution in [0.5, 0.6) is 0 Å². The van der Waals surface area contributed by atoms with E-state index in [1.807, 2.05) is 0 Å². The zero-order valence-corrected chi connectivity index (χ0v) is 8.87. The van der Waals surface area contributed by atoms with Crippen molar-refractivity contribution in [1.29, 1.82) is 0 Å². The third-order valence-electron chi connectivity index (χ3n) is 2.20. The van der Waals surface area contributed by atoms with E-state index in [1.165, 1.54) is 10.7 Å². The van der Waals surface area contributed by atoms with Crippen molar-refractivity contribution < 1.29 is 9.90 Å². The fourth-order valence-electron chi connectivity index (χ4n) is 1.45. The molecule has 0 aromatic carbocycles. The Hall–Kier alpha value is -2.61. The van der Waals surface area contributed by atoms with E-state index in [4.69, 9.17) is 11.5 Å². The van der Waals surface area contributed by atoms with Gasteiger partial charge in [0.2, 0.25) is 0 Å². The minimum absolute atomic E-state index is 0.0711. The molecule has 0 bridgehead atoms. The van der Waals surface area contributed by atoms with Gasteiger partial charge in [-0.25, -0.2) is 9.48 Å². The number of aromatic nitrogens is 3. The summed E-state index contributed by atoms with van der Waals surface area (Å²) in [5, 5.41) is 13.2. The summed E-state index contributed by atoms with van der Waals surface area (Å²) in [5.41, 5.74) is 1.37. The Morgan fingerprint density at radius 1 is 1.59 bits per heavy atom. The molecule has 0 saturated heterocycles. The molecule has 2 aromatic heterocycles. The normalized spacial score (nSPS) is 9.82. The van der Waals surface area contributed by atoms with Gasteiger partial charge < -0.3 is 5.11 Å². The molecule has 0 amide bonds. The second kappa shape index (κ2) is 4.49. The summed E-state index contributed by atoms with van der Waals surface area (Å²) in [5.74, 6) is 1.31. The van der Waals surface area contributed by atoms with Crippen LogP contribution >= 0.6 is 0 Å². The van der Waals surface area contributed by atoms with Crippen LogP contribution in [-0.2, 0) is 6.54 Å². The standard InChI is InChI=1S/C12H9N3O2/c1-2-6-15-11(12(16)17)7-10(14-15)9-4-3-5-13-8-9/h1,3-5,7-8H,6H2,(H,16,17).